The molecule has 1 saturated heterocycles. The fraction of sp³-hybridized carbons (Fsp3) is 0.182. The van der Waals surface area contributed by atoms with E-state index in [0.717, 1.165) is 5.01 Å². The van der Waals surface area contributed by atoms with Crippen LogP contribution in [0, 0.1) is 12.7 Å². The molecule has 1 aliphatic rings. The van der Waals surface area contributed by atoms with Crippen molar-refractivity contribution in [3.63, 3.8) is 0 Å². The predicted molar refractivity (Wildman–Crippen MR) is 70.7 cm³/mol. The minimum atomic E-state index is -0.579. The van der Waals surface area contributed by atoms with Crippen molar-refractivity contribution in [2.24, 2.45) is 0 Å². The minimum absolute atomic E-state index is 0.0908. The predicted octanol–water partition coefficient (Wildman–Crippen LogP) is 0.887. The first kappa shape index (κ1) is 13.2. The van der Waals surface area contributed by atoms with E-state index in [-0.39, 0.29) is 17.5 Å². The minimum Gasteiger partial charge on any atom is -0.331 e. The van der Waals surface area contributed by atoms with E-state index in [1.165, 1.54) is 6.07 Å². The number of thiocarbonyl (C=S) groups is 1. The van der Waals surface area contributed by atoms with Gasteiger partial charge in [0.1, 0.15) is 12.4 Å². The van der Waals surface area contributed by atoms with E-state index in [4.69, 9.17) is 12.2 Å². The maximum Gasteiger partial charge on any atom is 0.343 e. The van der Waals surface area contributed by atoms with Gasteiger partial charge in [-0.3, -0.25) is 15.5 Å². The van der Waals surface area contributed by atoms with Crippen molar-refractivity contribution in [2.45, 2.75) is 6.92 Å². The van der Waals surface area contributed by atoms with Gasteiger partial charge in [0, 0.05) is 5.69 Å². The molecule has 19 heavy (non-hydrogen) atoms. The number of hydrazine groups is 1. The van der Waals surface area contributed by atoms with E-state index in [9.17, 15) is 14.0 Å². The van der Waals surface area contributed by atoms with Gasteiger partial charge in [0.2, 0.25) is 5.91 Å². The Kier molecular flexibility index (Phi) is 3.61. The molecule has 1 aliphatic heterocycles. The van der Waals surface area contributed by atoms with Crippen LogP contribution in [0.3, 0.4) is 0 Å². The van der Waals surface area contributed by atoms with Gasteiger partial charge in [0.05, 0.1) is 0 Å². The average Bonchev–Trinajstić information content (AvgIpc) is 2.62. The first-order chi connectivity index (χ1) is 8.95. The molecule has 0 aliphatic carbocycles. The van der Waals surface area contributed by atoms with Gasteiger partial charge in [-0.1, -0.05) is 6.07 Å². The summed E-state index contributed by atoms with van der Waals surface area (Å²) < 4.78 is 13.3. The Morgan fingerprint density at radius 2 is 2.21 bits per heavy atom. The third-order valence-electron chi connectivity index (χ3n) is 2.46. The summed E-state index contributed by atoms with van der Waals surface area (Å²) in [4.78, 5) is 22.2. The van der Waals surface area contributed by atoms with Crippen molar-refractivity contribution in [3.05, 3.63) is 29.6 Å². The van der Waals surface area contributed by atoms with Gasteiger partial charge in [-0.2, -0.15) is 0 Å². The Morgan fingerprint density at radius 1 is 1.47 bits per heavy atom. The summed E-state index contributed by atoms with van der Waals surface area (Å²) in [7, 11) is 0. The smallest absolute Gasteiger partial charge is 0.331 e. The van der Waals surface area contributed by atoms with Crippen molar-refractivity contribution in [1.29, 1.82) is 0 Å². The van der Waals surface area contributed by atoms with Gasteiger partial charge in [0.15, 0.2) is 5.11 Å². The maximum absolute atomic E-state index is 13.3. The average molecular weight is 282 g/mol. The van der Waals surface area contributed by atoms with Gasteiger partial charge in [0.25, 0.3) is 0 Å². The van der Waals surface area contributed by atoms with Crippen LogP contribution < -0.4 is 16.1 Å². The summed E-state index contributed by atoms with van der Waals surface area (Å²) in [5.41, 5.74) is 3.51. The Labute approximate surface area is 113 Å². The molecule has 0 bridgehead atoms. The Bertz CT molecular complexity index is 564. The van der Waals surface area contributed by atoms with Crippen molar-refractivity contribution < 1.29 is 14.0 Å². The number of anilines is 1. The SMILES string of the molecule is Cc1ccc(NC(=S)NN2CC(=O)NC2=O)cc1F. The number of amides is 3. The fourth-order valence-electron chi connectivity index (χ4n) is 1.48. The van der Waals surface area contributed by atoms with Gasteiger partial charge in [-0.15, -0.1) is 0 Å². The quantitative estimate of drug-likeness (QED) is 0.555. The molecule has 8 heteroatoms. The van der Waals surface area contributed by atoms with Crippen molar-refractivity contribution >= 4 is 35.0 Å². The van der Waals surface area contributed by atoms with E-state index in [1.54, 1.807) is 19.1 Å². The highest BCUT2D eigenvalue weighted by molar-refractivity contribution is 7.80. The third-order valence-corrected chi connectivity index (χ3v) is 2.65. The monoisotopic (exact) mass is 282 g/mol. The molecule has 0 saturated carbocycles. The molecule has 0 atom stereocenters. The third kappa shape index (κ3) is 3.16. The lowest BCUT2D eigenvalue weighted by molar-refractivity contribution is -0.118. The number of imide groups is 1. The molecular weight excluding hydrogens is 271 g/mol. The molecule has 100 valence electrons. The number of aryl methyl sites for hydroxylation is 1. The second-order valence-corrected chi connectivity index (χ2v) is 4.38. The maximum atomic E-state index is 13.3. The molecule has 0 radical (unpaired) electrons. The van der Waals surface area contributed by atoms with Crippen molar-refractivity contribution in [3.8, 4) is 0 Å². The molecule has 1 aromatic carbocycles. The Morgan fingerprint density at radius 3 is 2.79 bits per heavy atom. The number of halogens is 1. The number of nitrogens with one attached hydrogen (secondary N) is 3. The van der Waals surface area contributed by atoms with Crippen molar-refractivity contribution in [1.82, 2.24) is 15.8 Å². The largest absolute Gasteiger partial charge is 0.343 e. The number of carbonyl (C=O) groups is 2. The van der Waals surface area contributed by atoms with Gasteiger partial charge in [-0.25, -0.2) is 14.2 Å². The van der Waals surface area contributed by atoms with Gasteiger partial charge < -0.3 is 5.32 Å². The summed E-state index contributed by atoms with van der Waals surface area (Å²) in [6.07, 6.45) is 0. The summed E-state index contributed by atoms with van der Waals surface area (Å²) in [5, 5.41) is 5.93. The van der Waals surface area contributed by atoms with Crippen LogP contribution in [-0.4, -0.2) is 28.6 Å². The molecule has 3 N–H and O–H groups in total. The van der Waals surface area contributed by atoms with Crippen LogP contribution in [-0.2, 0) is 4.79 Å². The highest BCUT2D eigenvalue weighted by Crippen LogP contribution is 2.13. The molecule has 1 aromatic rings. The number of rotatable bonds is 2. The highest BCUT2D eigenvalue weighted by atomic mass is 32.1. The number of hydrogen-bond donors (Lipinski definition) is 3. The van der Waals surface area contributed by atoms with Crippen LogP contribution in [0.5, 0.6) is 0 Å². The second-order valence-electron chi connectivity index (χ2n) is 3.97. The van der Waals surface area contributed by atoms with Crippen molar-refractivity contribution in [2.75, 3.05) is 11.9 Å². The van der Waals surface area contributed by atoms with Gasteiger partial charge in [-0.05, 0) is 36.8 Å². The summed E-state index contributed by atoms with van der Waals surface area (Å²) in [6.45, 7) is 1.53. The first-order valence-electron chi connectivity index (χ1n) is 5.41. The fourth-order valence-corrected chi connectivity index (χ4v) is 1.71. The molecule has 0 spiro atoms. The normalized spacial score (nSPS) is 14.3. The van der Waals surface area contributed by atoms with Crippen LogP contribution in [0.4, 0.5) is 14.9 Å². The van der Waals surface area contributed by atoms with Crippen LogP contribution in [0.15, 0.2) is 18.2 Å². The zero-order valence-corrected chi connectivity index (χ0v) is 10.8. The molecule has 2 rings (SSSR count). The summed E-state index contributed by atoms with van der Waals surface area (Å²) in [5.74, 6) is -0.774. The number of nitrogens with zero attached hydrogens (tertiary/aromatic N) is 1. The van der Waals surface area contributed by atoms with E-state index in [0.29, 0.717) is 11.3 Å². The van der Waals surface area contributed by atoms with Crippen LogP contribution in [0.1, 0.15) is 5.56 Å². The van der Waals surface area contributed by atoms with E-state index >= 15 is 0 Å². The number of urea groups is 1. The first-order valence-corrected chi connectivity index (χ1v) is 5.81. The molecule has 0 unspecified atom stereocenters. The molecule has 1 fully saturated rings. The zero-order chi connectivity index (χ0) is 14.0. The number of hydrogen-bond acceptors (Lipinski definition) is 3. The number of carbonyl (C=O) groups excluding carboxylic acids is 2. The topological polar surface area (TPSA) is 73.5 Å². The zero-order valence-electron chi connectivity index (χ0n) is 9.99. The Balaban J connectivity index is 1.96. The summed E-state index contributed by atoms with van der Waals surface area (Å²) >= 11 is 4.96. The summed E-state index contributed by atoms with van der Waals surface area (Å²) in [6, 6.07) is 3.97. The highest BCUT2D eigenvalue weighted by Gasteiger charge is 2.27. The molecule has 3 amide bonds. The number of benzene rings is 1. The molecule has 0 aromatic heterocycles. The lowest BCUT2D eigenvalue weighted by Crippen LogP contribution is -2.45. The second kappa shape index (κ2) is 5.19. The van der Waals surface area contributed by atoms with Gasteiger partial charge >= 0.3 is 6.03 Å². The lowest BCUT2D eigenvalue weighted by atomic mass is 10.2. The Hall–Kier alpha value is -2.22. The van der Waals surface area contributed by atoms with E-state index < -0.39 is 11.9 Å². The van der Waals surface area contributed by atoms with E-state index in [1.807, 2.05) is 0 Å². The molecule has 6 nitrogen and oxygen atoms in total. The lowest BCUT2D eigenvalue weighted by Gasteiger charge is -2.17. The van der Waals surface area contributed by atoms with Crippen LogP contribution in [0.2, 0.25) is 0 Å². The van der Waals surface area contributed by atoms with Crippen LogP contribution in [0.25, 0.3) is 0 Å². The van der Waals surface area contributed by atoms with E-state index in [2.05, 4.69) is 16.1 Å². The molecule has 1 heterocycles. The standard InChI is InChI=1S/C11H11FN4O2S/c1-6-2-3-7(4-8(6)12)13-10(19)15-16-5-9(17)14-11(16)18/h2-4H,5H2,1H3,(H2,13,15,19)(H,14,17,18). The van der Waals surface area contributed by atoms with Crippen LogP contribution >= 0.6 is 12.2 Å². The molecular formula is C11H11FN4O2S.